The molecule has 0 fully saturated rings. The highest BCUT2D eigenvalue weighted by Crippen LogP contribution is 2.24. The van der Waals surface area contributed by atoms with Crippen molar-refractivity contribution in [2.75, 3.05) is 23.7 Å². The lowest BCUT2D eigenvalue weighted by Gasteiger charge is -2.12. The molecule has 2 aromatic carbocycles. The van der Waals surface area contributed by atoms with E-state index in [0.29, 0.717) is 13.1 Å². The number of hydrogen-bond donors (Lipinski definition) is 3. The second-order valence-electron chi connectivity index (χ2n) is 6.77. The summed E-state index contributed by atoms with van der Waals surface area (Å²) >= 11 is 0. The quantitative estimate of drug-likeness (QED) is 0.402. The van der Waals surface area contributed by atoms with Crippen molar-refractivity contribution in [3.63, 3.8) is 0 Å². The topological polar surface area (TPSA) is 83.0 Å². The van der Waals surface area contributed by atoms with Gasteiger partial charge in [0, 0.05) is 36.5 Å². The monoisotopic (exact) mass is 385 g/mol. The third-order valence-electron chi connectivity index (χ3n) is 4.71. The molecule has 0 radical (unpaired) electrons. The summed E-state index contributed by atoms with van der Waals surface area (Å²) in [6.45, 7) is 1.37. The van der Waals surface area contributed by atoms with Crippen LogP contribution in [0.3, 0.4) is 0 Å². The maximum Gasteiger partial charge on any atom is 0.156 e. The highest BCUT2D eigenvalue weighted by atomic mass is 16.3. The molecule has 0 spiro atoms. The number of nitrogens with one attached hydrogen (secondary N) is 2. The zero-order chi connectivity index (χ0) is 19.9. The first-order valence-corrected chi connectivity index (χ1v) is 9.65. The van der Waals surface area contributed by atoms with Crippen molar-refractivity contribution in [3.05, 3.63) is 89.7 Å². The third-order valence-corrected chi connectivity index (χ3v) is 4.71. The molecule has 0 aliphatic heterocycles. The van der Waals surface area contributed by atoms with E-state index < -0.39 is 0 Å². The highest BCUT2D eigenvalue weighted by Gasteiger charge is 2.09. The minimum absolute atomic E-state index is 0.000840. The van der Waals surface area contributed by atoms with Gasteiger partial charge in [-0.2, -0.15) is 5.10 Å². The van der Waals surface area contributed by atoms with Gasteiger partial charge in [0.25, 0.3) is 0 Å². The van der Waals surface area contributed by atoms with Crippen LogP contribution in [0.5, 0.6) is 0 Å². The molecule has 0 bridgehead atoms. The Bertz CT molecular complexity index is 1070. The number of fused-ring (bicyclic) bond motifs is 1. The van der Waals surface area contributed by atoms with Crippen LogP contribution in [-0.4, -0.2) is 33.4 Å². The van der Waals surface area contributed by atoms with Gasteiger partial charge in [-0.25, -0.2) is 4.98 Å². The van der Waals surface area contributed by atoms with Crippen LogP contribution < -0.4 is 10.6 Å². The van der Waals surface area contributed by atoms with E-state index in [-0.39, 0.29) is 6.61 Å². The molecular formula is C23H23N5O. The Balaban J connectivity index is 1.43. The highest BCUT2D eigenvalue weighted by molar-refractivity contribution is 5.93. The summed E-state index contributed by atoms with van der Waals surface area (Å²) in [7, 11) is 0. The lowest BCUT2D eigenvalue weighted by atomic mass is 10.0. The zero-order valence-corrected chi connectivity index (χ0v) is 16.0. The van der Waals surface area contributed by atoms with Crippen LogP contribution in [0.2, 0.25) is 0 Å². The summed E-state index contributed by atoms with van der Waals surface area (Å²) < 4.78 is 0. The molecule has 0 aliphatic rings. The van der Waals surface area contributed by atoms with Gasteiger partial charge in [-0.3, -0.25) is 0 Å². The third kappa shape index (κ3) is 4.67. The van der Waals surface area contributed by atoms with Crippen LogP contribution in [-0.2, 0) is 13.0 Å². The number of nitrogens with zero attached hydrogens (tertiary/aromatic N) is 3. The smallest absolute Gasteiger partial charge is 0.156 e. The molecule has 4 aromatic rings. The van der Waals surface area contributed by atoms with E-state index in [1.807, 2.05) is 42.5 Å². The molecule has 0 amide bonds. The fraction of sp³-hybridized carbons (Fsp3) is 0.174. The van der Waals surface area contributed by atoms with Gasteiger partial charge in [0.05, 0.1) is 12.3 Å². The minimum Gasteiger partial charge on any atom is -0.392 e. The minimum atomic E-state index is 0.000840. The molecule has 4 rings (SSSR count). The van der Waals surface area contributed by atoms with E-state index in [0.717, 1.165) is 40.1 Å². The molecule has 0 aliphatic carbocycles. The molecule has 2 heterocycles. The standard InChI is InChI=1S/C23H23N5O/c29-16-18-10-11-22(26-15-18)24-12-13-25-23-20-9-5-4-8-19(20)21(27-28-23)14-17-6-2-1-3-7-17/h1-11,15,29H,12-14,16H2,(H,24,26)(H,25,28). The summed E-state index contributed by atoms with van der Waals surface area (Å²) in [6.07, 6.45) is 2.42. The summed E-state index contributed by atoms with van der Waals surface area (Å²) in [5, 5.41) is 26.8. The molecule has 6 nitrogen and oxygen atoms in total. The Morgan fingerprint density at radius 1 is 0.724 bits per heavy atom. The molecule has 0 atom stereocenters. The fourth-order valence-electron chi connectivity index (χ4n) is 3.20. The lowest BCUT2D eigenvalue weighted by molar-refractivity contribution is 0.281. The second-order valence-corrected chi connectivity index (χ2v) is 6.77. The van der Waals surface area contributed by atoms with Gasteiger partial charge in [0.15, 0.2) is 5.82 Å². The number of aromatic nitrogens is 3. The Morgan fingerprint density at radius 3 is 2.24 bits per heavy atom. The number of aliphatic hydroxyl groups is 1. The lowest BCUT2D eigenvalue weighted by Crippen LogP contribution is -2.15. The van der Waals surface area contributed by atoms with Crippen molar-refractivity contribution in [3.8, 4) is 0 Å². The number of benzene rings is 2. The summed E-state index contributed by atoms with van der Waals surface area (Å²) in [5.41, 5.74) is 2.99. The first-order chi connectivity index (χ1) is 14.3. The van der Waals surface area contributed by atoms with Gasteiger partial charge in [-0.1, -0.05) is 60.7 Å². The van der Waals surface area contributed by atoms with Gasteiger partial charge >= 0.3 is 0 Å². The normalized spacial score (nSPS) is 10.8. The van der Waals surface area contributed by atoms with E-state index in [1.54, 1.807) is 6.20 Å². The van der Waals surface area contributed by atoms with Gasteiger partial charge in [-0.05, 0) is 17.2 Å². The number of aliphatic hydroxyl groups excluding tert-OH is 1. The number of hydrogen-bond acceptors (Lipinski definition) is 6. The predicted octanol–water partition coefficient (Wildman–Crippen LogP) is 3.63. The summed E-state index contributed by atoms with van der Waals surface area (Å²) in [6, 6.07) is 22.3. The maximum atomic E-state index is 9.07. The second kappa shape index (κ2) is 9.12. The van der Waals surface area contributed by atoms with Crippen molar-refractivity contribution >= 4 is 22.4 Å². The molecule has 146 valence electrons. The van der Waals surface area contributed by atoms with Crippen LogP contribution in [0, 0.1) is 0 Å². The Labute approximate surface area is 169 Å². The largest absolute Gasteiger partial charge is 0.392 e. The Kier molecular flexibility index (Phi) is 5.92. The van der Waals surface area contributed by atoms with E-state index in [4.69, 9.17) is 5.11 Å². The van der Waals surface area contributed by atoms with Crippen molar-refractivity contribution in [2.24, 2.45) is 0 Å². The molecule has 0 unspecified atom stereocenters. The van der Waals surface area contributed by atoms with E-state index in [1.165, 1.54) is 5.56 Å². The number of pyridine rings is 1. The van der Waals surface area contributed by atoms with Crippen molar-refractivity contribution < 1.29 is 5.11 Å². The van der Waals surface area contributed by atoms with Gasteiger partial charge < -0.3 is 15.7 Å². The van der Waals surface area contributed by atoms with Crippen LogP contribution >= 0.6 is 0 Å². The van der Waals surface area contributed by atoms with Gasteiger partial charge in [0.1, 0.15) is 5.82 Å². The van der Waals surface area contributed by atoms with E-state index >= 15 is 0 Å². The van der Waals surface area contributed by atoms with Crippen molar-refractivity contribution in [1.29, 1.82) is 0 Å². The summed E-state index contributed by atoms with van der Waals surface area (Å²) in [5.74, 6) is 1.56. The SMILES string of the molecule is OCc1ccc(NCCNc2nnc(Cc3ccccc3)c3ccccc23)nc1. The van der Waals surface area contributed by atoms with Crippen molar-refractivity contribution in [1.82, 2.24) is 15.2 Å². The average Bonchev–Trinajstić information content (AvgIpc) is 2.79. The van der Waals surface area contributed by atoms with Crippen LogP contribution in [0.15, 0.2) is 72.9 Å². The predicted molar refractivity (Wildman–Crippen MR) is 116 cm³/mol. The number of anilines is 2. The van der Waals surface area contributed by atoms with E-state index in [9.17, 15) is 0 Å². The van der Waals surface area contributed by atoms with Gasteiger partial charge in [0.2, 0.25) is 0 Å². The molecule has 2 aromatic heterocycles. The Hall–Kier alpha value is -3.51. The fourth-order valence-corrected chi connectivity index (χ4v) is 3.20. The average molecular weight is 385 g/mol. The van der Waals surface area contributed by atoms with Gasteiger partial charge in [-0.15, -0.1) is 5.10 Å². The molecule has 0 saturated heterocycles. The van der Waals surface area contributed by atoms with Crippen molar-refractivity contribution in [2.45, 2.75) is 13.0 Å². The first kappa shape index (κ1) is 18.8. The molecule has 0 saturated carbocycles. The first-order valence-electron chi connectivity index (χ1n) is 9.65. The maximum absolute atomic E-state index is 9.07. The van der Waals surface area contributed by atoms with Crippen LogP contribution in [0.25, 0.3) is 10.8 Å². The Morgan fingerprint density at radius 2 is 1.48 bits per heavy atom. The van der Waals surface area contributed by atoms with Crippen LogP contribution in [0.4, 0.5) is 11.6 Å². The molecule has 3 N–H and O–H groups in total. The number of rotatable bonds is 8. The molecule has 6 heteroatoms. The summed E-state index contributed by atoms with van der Waals surface area (Å²) in [4.78, 5) is 4.27. The molecule has 29 heavy (non-hydrogen) atoms. The van der Waals surface area contributed by atoms with E-state index in [2.05, 4.69) is 50.1 Å². The molecular weight excluding hydrogens is 362 g/mol. The van der Waals surface area contributed by atoms with Crippen LogP contribution in [0.1, 0.15) is 16.8 Å². The zero-order valence-electron chi connectivity index (χ0n) is 16.0.